The summed E-state index contributed by atoms with van der Waals surface area (Å²) in [4.78, 5) is 17.2. The van der Waals surface area contributed by atoms with Gasteiger partial charge in [-0.1, -0.05) is 12.1 Å². The second kappa shape index (κ2) is 7.08. The summed E-state index contributed by atoms with van der Waals surface area (Å²) in [5.41, 5.74) is 2.19. The van der Waals surface area contributed by atoms with Gasteiger partial charge in [0.15, 0.2) is 9.84 Å². The number of aryl methyl sites for hydroxylation is 1. The monoisotopic (exact) mass is 386 g/mol. The number of amides is 1. The van der Waals surface area contributed by atoms with Gasteiger partial charge in [0.1, 0.15) is 5.82 Å². The van der Waals surface area contributed by atoms with Crippen LogP contribution in [-0.4, -0.2) is 25.6 Å². The van der Waals surface area contributed by atoms with E-state index in [-0.39, 0.29) is 22.7 Å². The number of carbonyl (C=O) groups excluding carboxylic acids is 1. The van der Waals surface area contributed by atoms with Crippen molar-refractivity contribution in [1.29, 1.82) is 0 Å². The van der Waals surface area contributed by atoms with Crippen molar-refractivity contribution in [3.8, 4) is 0 Å². The molecular weight excluding hydrogens is 367 g/mol. The van der Waals surface area contributed by atoms with Gasteiger partial charge in [-0.3, -0.25) is 9.78 Å². The Balaban J connectivity index is 1.83. The Morgan fingerprint density at radius 1 is 1.11 bits per heavy atom. The van der Waals surface area contributed by atoms with Crippen LogP contribution in [0.4, 0.5) is 4.39 Å². The molecule has 2 aromatic carbocycles. The van der Waals surface area contributed by atoms with Crippen molar-refractivity contribution >= 4 is 26.6 Å². The molecule has 0 aliphatic carbocycles. The Morgan fingerprint density at radius 3 is 2.41 bits per heavy atom. The first-order valence-corrected chi connectivity index (χ1v) is 10.2. The Labute approximate surface area is 157 Å². The summed E-state index contributed by atoms with van der Waals surface area (Å²) in [6.45, 7) is 3.51. The van der Waals surface area contributed by atoms with Crippen molar-refractivity contribution in [2.24, 2.45) is 0 Å². The van der Waals surface area contributed by atoms with Crippen molar-refractivity contribution < 1.29 is 17.6 Å². The molecule has 5 nitrogen and oxygen atoms in total. The molecule has 3 rings (SSSR count). The first-order chi connectivity index (χ1) is 12.6. The molecule has 140 valence electrons. The van der Waals surface area contributed by atoms with Gasteiger partial charge in [-0.05, 0) is 49.7 Å². The second-order valence-electron chi connectivity index (χ2n) is 6.49. The predicted octanol–water partition coefficient (Wildman–Crippen LogP) is 3.58. The molecular formula is C20H19FN2O3S. The zero-order valence-corrected chi connectivity index (χ0v) is 16.0. The van der Waals surface area contributed by atoms with E-state index in [1.165, 1.54) is 24.3 Å². The van der Waals surface area contributed by atoms with E-state index in [0.717, 1.165) is 11.8 Å². The number of sulfone groups is 1. The number of rotatable bonds is 4. The topological polar surface area (TPSA) is 76.1 Å². The van der Waals surface area contributed by atoms with E-state index in [1.54, 1.807) is 31.2 Å². The van der Waals surface area contributed by atoms with E-state index in [0.29, 0.717) is 22.2 Å². The number of aromatic nitrogens is 1. The molecule has 0 aliphatic rings. The van der Waals surface area contributed by atoms with Crippen LogP contribution in [0.3, 0.4) is 0 Å². The smallest absolute Gasteiger partial charge is 0.253 e. The van der Waals surface area contributed by atoms with E-state index < -0.39 is 9.84 Å². The van der Waals surface area contributed by atoms with Crippen molar-refractivity contribution in [3.63, 3.8) is 0 Å². The van der Waals surface area contributed by atoms with Gasteiger partial charge < -0.3 is 5.32 Å². The van der Waals surface area contributed by atoms with Gasteiger partial charge in [-0.15, -0.1) is 0 Å². The van der Waals surface area contributed by atoms with Crippen molar-refractivity contribution in [3.05, 3.63) is 71.2 Å². The second-order valence-corrected chi connectivity index (χ2v) is 8.51. The highest BCUT2D eigenvalue weighted by molar-refractivity contribution is 7.90. The van der Waals surface area contributed by atoms with Gasteiger partial charge in [-0.25, -0.2) is 12.8 Å². The molecule has 0 radical (unpaired) electrons. The maximum absolute atomic E-state index is 13.3. The molecule has 0 fully saturated rings. The number of nitrogens with zero attached hydrogens (tertiary/aromatic N) is 1. The van der Waals surface area contributed by atoms with Gasteiger partial charge >= 0.3 is 0 Å². The highest BCUT2D eigenvalue weighted by atomic mass is 32.2. The van der Waals surface area contributed by atoms with Crippen LogP contribution in [0, 0.1) is 12.7 Å². The molecule has 0 saturated carbocycles. The molecule has 1 amide bonds. The third kappa shape index (κ3) is 4.14. The molecule has 27 heavy (non-hydrogen) atoms. The lowest BCUT2D eigenvalue weighted by Crippen LogP contribution is -2.27. The van der Waals surface area contributed by atoms with Gasteiger partial charge in [0.05, 0.1) is 27.7 Å². The summed E-state index contributed by atoms with van der Waals surface area (Å²) in [5, 5.41) is 3.56. The Kier molecular flexibility index (Phi) is 4.97. The lowest BCUT2D eigenvalue weighted by Gasteiger charge is -2.16. The number of fused-ring (bicyclic) bond motifs is 1. The summed E-state index contributed by atoms with van der Waals surface area (Å²) in [6, 6.07) is 12.0. The molecule has 0 saturated heterocycles. The van der Waals surface area contributed by atoms with Crippen LogP contribution in [-0.2, 0) is 9.84 Å². The zero-order valence-electron chi connectivity index (χ0n) is 15.2. The van der Waals surface area contributed by atoms with Crippen LogP contribution in [0.2, 0.25) is 0 Å². The molecule has 7 heteroatoms. The van der Waals surface area contributed by atoms with Gasteiger partial charge in [0.2, 0.25) is 0 Å². The third-order valence-electron chi connectivity index (χ3n) is 4.37. The largest absolute Gasteiger partial charge is 0.345 e. The Hall–Kier alpha value is -2.80. The minimum atomic E-state index is -3.26. The van der Waals surface area contributed by atoms with Crippen LogP contribution in [0.25, 0.3) is 10.9 Å². The molecule has 0 bridgehead atoms. The average molecular weight is 386 g/mol. The summed E-state index contributed by atoms with van der Waals surface area (Å²) in [6.07, 6.45) is 1.15. The first-order valence-electron chi connectivity index (χ1n) is 8.33. The van der Waals surface area contributed by atoms with E-state index in [1.807, 2.05) is 6.92 Å². The molecule has 0 spiro atoms. The highest BCUT2D eigenvalue weighted by Crippen LogP contribution is 2.20. The summed E-state index contributed by atoms with van der Waals surface area (Å²) < 4.78 is 36.4. The zero-order chi connectivity index (χ0) is 19.8. The lowest BCUT2D eigenvalue weighted by atomic mass is 10.1. The average Bonchev–Trinajstić information content (AvgIpc) is 2.60. The normalized spacial score (nSPS) is 12.7. The summed E-state index contributed by atoms with van der Waals surface area (Å²) >= 11 is 0. The van der Waals surface area contributed by atoms with E-state index in [9.17, 15) is 17.6 Å². The first kappa shape index (κ1) is 19.0. The molecule has 0 unspecified atom stereocenters. The molecule has 1 heterocycles. The fourth-order valence-corrected chi connectivity index (χ4v) is 3.46. The summed E-state index contributed by atoms with van der Waals surface area (Å²) in [7, 11) is -3.26. The van der Waals surface area contributed by atoms with Crippen LogP contribution in [0.15, 0.2) is 53.4 Å². The van der Waals surface area contributed by atoms with E-state index in [2.05, 4.69) is 10.3 Å². The number of hydrogen-bond donors (Lipinski definition) is 1. The van der Waals surface area contributed by atoms with Crippen LogP contribution in [0.5, 0.6) is 0 Å². The van der Waals surface area contributed by atoms with Crippen LogP contribution in [0.1, 0.15) is 34.6 Å². The fourth-order valence-electron chi connectivity index (χ4n) is 2.83. The maximum Gasteiger partial charge on any atom is 0.253 e. The number of halogens is 1. The van der Waals surface area contributed by atoms with E-state index >= 15 is 0 Å². The number of pyridine rings is 1. The van der Waals surface area contributed by atoms with Crippen LogP contribution < -0.4 is 5.32 Å². The number of nitrogens with one attached hydrogen (secondary N) is 1. The van der Waals surface area contributed by atoms with Crippen molar-refractivity contribution in [2.75, 3.05) is 6.26 Å². The third-order valence-corrected chi connectivity index (χ3v) is 5.50. The minimum Gasteiger partial charge on any atom is -0.345 e. The number of benzene rings is 2. The van der Waals surface area contributed by atoms with Gasteiger partial charge in [0.25, 0.3) is 5.91 Å². The standard InChI is InChI=1S/C20H19FN2O3S/c1-12(14-5-8-17(9-6-14)27(3,25)26)23-20(24)18-10-15-4-7-16(21)11-19(15)22-13(18)2/h4-12H,1-3H3,(H,23,24)/t12-/m0/s1. The van der Waals surface area contributed by atoms with Crippen molar-refractivity contribution in [2.45, 2.75) is 24.8 Å². The number of carbonyl (C=O) groups is 1. The van der Waals surface area contributed by atoms with Gasteiger partial charge in [0, 0.05) is 17.7 Å². The Bertz CT molecular complexity index is 1130. The molecule has 1 aromatic heterocycles. The predicted molar refractivity (Wildman–Crippen MR) is 102 cm³/mol. The minimum absolute atomic E-state index is 0.228. The molecule has 0 aliphatic heterocycles. The quantitative estimate of drug-likeness (QED) is 0.744. The lowest BCUT2D eigenvalue weighted by molar-refractivity contribution is 0.0939. The maximum atomic E-state index is 13.3. The summed E-state index contributed by atoms with van der Waals surface area (Å²) in [5.74, 6) is -0.677. The highest BCUT2D eigenvalue weighted by Gasteiger charge is 2.16. The van der Waals surface area contributed by atoms with Crippen LogP contribution >= 0.6 is 0 Å². The number of hydrogen-bond acceptors (Lipinski definition) is 4. The molecule has 3 aromatic rings. The SMILES string of the molecule is Cc1nc2cc(F)ccc2cc1C(=O)N[C@@H](C)c1ccc(S(C)(=O)=O)cc1. The van der Waals surface area contributed by atoms with Crippen molar-refractivity contribution in [1.82, 2.24) is 10.3 Å². The molecule has 1 atom stereocenters. The van der Waals surface area contributed by atoms with Gasteiger partial charge in [-0.2, -0.15) is 0 Å². The molecule has 1 N–H and O–H groups in total. The Morgan fingerprint density at radius 2 is 1.78 bits per heavy atom. The van der Waals surface area contributed by atoms with E-state index in [4.69, 9.17) is 0 Å². The fraction of sp³-hybridized carbons (Fsp3) is 0.200.